The maximum absolute atomic E-state index is 9.86. The van der Waals surface area contributed by atoms with Gasteiger partial charge in [-0.3, -0.25) is 0 Å². The Kier molecular flexibility index (Phi) is 4.04. The van der Waals surface area contributed by atoms with Crippen LogP contribution in [0.4, 0.5) is 0 Å². The van der Waals surface area contributed by atoms with Gasteiger partial charge in [-0.05, 0) is 43.1 Å². The maximum Gasteiger partial charge on any atom is 0.213 e. The molecule has 1 aliphatic carbocycles. The standard InChI is InChI=1S/C17H24N2O/c1-11-8-17(10-18,9-12(2)13(11)3)15-6-7-16(20-5)19-14(15)4/h6-7,11-13H,8-9H2,1-5H3/t11-,12+,13+,17-. The van der Waals surface area contributed by atoms with E-state index in [-0.39, 0.29) is 0 Å². The van der Waals surface area contributed by atoms with E-state index in [0.29, 0.717) is 23.6 Å². The van der Waals surface area contributed by atoms with Crippen molar-refractivity contribution in [3.05, 3.63) is 23.4 Å². The molecule has 0 amide bonds. The first-order valence-corrected chi connectivity index (χ1v) is 7.37. The van der Waals surface area contributed by atoms with Crippen molar-refractivity contribution in [2.45, 2.75) is 46.0 Å². The Hall–Kier alpha value is -1.56. The molecule has 1 heterocycles. The van der Waals surface area contributed by atoms with Crippen LogP contribution in [0.25, 0.3) is 0 Å². The summed E-state index contributed by atoms with van der Waals surface area (Å²) in [7, 11) is 1.62. The van der Waals surface area contributed by atoms with Crippen LogP contribution in [0.2, 0.25) is 0 Å². The summed E-state index contributed by atoms with van der Waals surface area (Å²) in [6.07, 6.45) is 1.84. The van der Waals surface area contributed by atoms with E-state index in [2.05, 4.69) is 31.8 Å². The second kappa shape index (κ2) is 5.44. The van der Waals surface area contributed by atoms with E-state index in [1.165, 1.54) is 0 Å². The quantitative estimate of drug-likeness (QED) is 0.821. The van der Waals surface area contributed by atoms with Crippen LogP contribution in [-0.4, -0.2) is 12.1 Å². The fraction of sp³-hybridized carbons (Fsp3) is 0.647. The van der Waals surface area contributed by atoms with Crippen LogP contribution in [0.1, 0.15) is 44.9 Å². The second-order valence-corrected chi connectivity index (χ2v) is 6.40. The van der Waals surface area contributed by atoms with Gasteiger partial charge in [0.25, 0.3) is 0 Å². The van der Waals surface area contributed by atoms with Gasteiger partial charge in [-0.1, -0.05) is 26.8 Å². The smallest absolute Gasteiger partial charge is 0.213 e. The molecule has 20 heavy (non-hydrogen) atoms. The Morgan fingerprint density at radius 3 is 2.30 bits per heavy atom. The minimum Gasteiger partial charge on any atom is -0.481 e. The molecule has 0 unspecified atom stereocenters. The van der Waals surface area contributed by atoms with Crippen LogP contribution < -0.4 is 4.74 Å². The third-order valence-electron chi connectivity index (χ3n) is 5.13. The van der Waals surface area contributed by atoms with E-state index >= 15 is 0 Å². The molecular formula is C17H24N2O. The highest BCUT2D eigenvalue weighted by molar-refractivity contribution is 5.38. The lowest BCUT2D eigenvalue weighted by atomic mass is 9.60. The van der Waals surface area contributed by atoms with Gasteiger partial charge in [0.15, 0.2) is 0 Å². The van der Waals surface area contributed by atoms with Crippen LogP contribution in [0.15, 0.2) is 12.1 Å². The number of aromatic nitrogens is 1. The average Bonchev–Trinajstić information content (AvgIpc) is 2.44. The van der Waals surface area contributed by atoms with Crippen LogP contribution in [0.5, 0.6) is 5.88 Å². The van der Waals surface area contributed by atoms with E-state index in [4.69, 9.17) is 4.74 Å². The molecule has 1 saturated carbocycles. The van der Waals surface area contributed by atoms with Crippen LogP contribution in [0.3, 0.4) is 0 Å². The number of nitrogens with zero attached hydrogens (tertiary/aromatic N) is 2. The molecule has 0 aliphatic heterocycles. The number of ether oxygens (including phenoxy) is 1. The summed E-state index contributed by atoms with van der Waals surface area (Å²) in [5.74, 6) is 2.40. The summed E-state index contributed by atoms with van der Waals surface area (Å²) in [4.78, 5) is 4.46. The lowest BCUT2D eigenvalue weighted by Gasteiger charge is -2.43. The Bertz CT molecular complexity index is 520. The Balaban J connectivity index is 2.44. The highest BCUT2D eigenvalue weighted by atomic mass is 16.5. The van der Waals surface area contributed by atoms with Gasteiger partial charge in [-0.15, -0.1) is 0 Å². The number of nitriles is 1. The SMILES string of the molecule is COc1ccc([C@]2(C#N)C[C@@H](C)[C@H](C)[C@@H](C)C2)c(C)n1. The van der Waals surface area contributed by atoms with Gasteiger partial charge < -0.3 is 4.74 Å². The van der Waals surface area contributed by atoms with Crippen molar-refractivity contribution in [3.8, 4) is 11.9 Å². The number of hydrogen-bond acceptors (Lipinski definition) is 3. The molecule has 1 aromatic rings. The molecule has 4 atom stereocenters. The van der Waals surface area contributed by atoms with Crippen molar-refractivity contribution in [3.63, 3.8) is 0 Å². The maximum atomic E-state index is 9.86. The van der Waals surface area contributed by atoms with E-state index in [0.717, 1.165) is 24.1 Å². The molecule has 0 aromatic carbocycles. The van der Waals surface area contributed by atoms with Crippen molar-refractivity contribution in [2.75, 3.05) is 7.11 Å². The topological polar surface area (TPSA) is 45.9 Å². The van der Waals surface area contributed by atoms with Gasteiger partial charge in [0.2, 0.25) is 5.88 Å². The highest BCUT2D eigenvalue weighted by Gasteiger charge is 2.43. The lowest BCUT2D eigenvalue weighted by molar-refractivity contribution is 0.143. The van der Waals surface area contributed by atoms with Crippen molar-refractivity contribution < 1.29 is 4.74 Å². The van der Waals surface area contributed by atoms with Crippen LogP contribution >= 0.6 is 0 Å². The monoisotopic (exact) mass is 272 g/mol. The van der Waals surface area contributed by atoms with Gasteiger partial charge in [0.1, 0.15) is 0 Å². The van der Waals surface area contributed by atoms with Crippen molar-refractivity contribution >= 4 is 0 Å². The number of hydrogen-bond donors (Lipinski definition) is 0. The van der Waals surface area contributed by atoms with Gasteiger partial charge in [-0.2, -0.15) is 5.26 Å². The Morgan fingerprint density at radius 1 is 1.25 bits per heavy atom. The van der Waals surface area contributed by atoms with E-state index < -0.39 is 5.41 Å². The third kappa shape index (κ3) is 2.40. The fourth-order valence-electron chi connectivity index (χ4n) is 3.64. The number of pyridine rings is 1. The molecule has 0 spiro atoms. The molecule has 3 heteroatoms. The van der Waals surface area contributed by atoms with E-state index in [1.54, 1.807) is 7.11 Å². The van der Waals surface area contributed by atoms with Crippen LogP contribution in [0, 0.1) is 36.0 Å². The average molecular weight is 272 g/mol. The third-order valence-corrected chi connectivity index (χ3v) is 5.13. The Morgan fingerprint density at radius 2 is 1.85 bits per heavy atom. The van der Waals surface area contributed by atoms with E-state index in [9.17, 15) is 5.26 Å². The zero-order valence-electron chi connectivity index (χ0n) is 13.1. The summed E-state index contributed by atoms with van der Waals surface area (Å²) >= 11 is 0. The second-order valence-electron chi connectivity index (χ2n) is 6.40. The largest absolute Gasteiger partial charge is 0.481 e. The van der Waals surface area contributed by atoms with Crippen molar-refractivity contribution in [1.82, 2.24) is 4.98 Å². The molecular weight excluding hydrogens is 248 g/mol. The molecule has 0 radical (unpaired) electrons. The lowest BCUT2D eigenvalue weighted by Crippen LogP contribution is -2.39. The molecule has 0 bridgehead atoms. The predicted molar refractivity (Wildman–Crippen MR) is 79.5 cm³/mol. The summed E-state index contributed by atoms with van der Waals surface area (Å²) in [5, 5.41) is 9.86. The summed E-state index contributed by atoms with van der Waals surface area (Å²) in [5.41, 5.74) is 1.60. The first-order chi connectivity index (χ1) is 9.43. The number of rotatable bonds is 2. The molecule has 1 aromatic heterocycles. The Labute approximate surface area is 122 Å². The normalized spacial score (nSPS) is 33.5. The van der Waals surface area contributed by atoms with Crippen molar-refractivity contribution in [2.24, 2.45) is 17.8 Å². The molecule has 0 N–H and O–H groups in total. The minimum absolute atomic E-state index is 0.394. The summed E-state index contributed by atoms with van der Waals surface area (Å²) < 4.78 is 5.17. The van der Waals surface area contributed by atoms with Gasteiger partial charge >= 0.3 is 0 Å². The summed E-state index contributed by atoms with van der Waals surface area (Å²) in [6.45, 7) is 8.80. The fourth-order valence-corrected chi connectivity index (χ4v) is 3.64. The zero-order valence-corrected chi connectivity index (χ0v) is 13.1. The molecule has 3 nitrogen and oxygen atoms in total. The molecule has 1 fully saturated rings. The first kappa shape index (κ1) is 14.8. The van der Waals surface area contributed by atoms with Gasteiger partial charge in [0.05, 0.1) is 18.6 Å². The zero-order chi connectivity index (χ0) is 14.9. The highest BCUT2D eigenvalue weighted by Crippen LogP contribution is 2.47. The summed E-state index contributed by atoms with van der Waals surface area (Å²) in [6, 6.07) is 6.51. The number of aryl methyl sites for hydroxylation is 1. The predicted octanol–water partition coefficient (Wildman–Crippen LogP) is 3.86. The molecule has 1 aliphatic rings. The van der Waals surface area contributed by atoms with E-state index in [1.807, 2.05) is 19.1 Å². The molecule has 2 rings (SSSR count). The van der Waals surface area contributed by atoms with Gasteiger partial charge in [-0.25, -0.2) is 4.98 Å². The number of methoxy groups -OCH3 is 1. The van der Waals surface area contributed by atoms with Crippen LogP contribution in [-0.2, 0) is 5.41 Å². The van der Waals surface area contributed by atoms with Gasteiger partial charge in [0, 0.05) is 11.8 Å². The first-order valence-electron chi connectivity index (χ1n) is 7.37. The molecule has 108 valence electrons. The minimum atomic E-state index is -0.394. The van der Waals surface area contributed by atoms with Crippen molar-refractivity contribution in [1.29, 1.82) is 5.26 Å². The molecule has 0 saturated heterocycles.